The van der Waals surface area contributed by atoms with E-state index in [0.717, 1.165) is 13.1 Å². The number of fused-ring (bicyclic) bond motifs is 1. The fourth-order valence-corrected chi connectivity index (χ4v) is 3.84. The number of pyridine rings is 1. The summed E-state index contributed by atoms with van der Waals surface area (Å²) in [6.45, 7) is 4.36. The third-order valence-corrected chi connectivity index (χ3v) is 5.16. The van der Waals surface area contributed by atoms with Crippen LogP contribution in [0.3, 0.4) is 0 Å². The van der Waals surface area contributed by atoms with E-state index in [-0.39, 0.29) is 0 Å². The zero-order valence-corrected chi connectivity index (χ0v) is 11.5. The molecule has 0 aromatic carbocycles. The first kappa shape index (κ1) is 12.1. The van der Waals surface area contributed by atoms with Gasteiger partial charge in [0.15, 0.2) is 0 Å². The van der Waals surface area contributed by atoms with Crippen molar-refractivity contribution in [3.63, 3.8) is 0 Å². The maximum Gasteiger partial charge on any atom is 0.0706 e. The molecule has 2 aromatic heterocycles. The maximum atomic E-state index is 4.36. The summed E-state index contributed by atoms with van der Waals surface area (Å²) in [6.07, 6.45) is 6.65. The average Bonchev–Trinajstić information content (AvgIpc) is 2.97. The second-order valence-electron chi connectivity index (χ2n) is 5.21. The van der Waals surface area contributed by atoms with E-state index < -0.39 is 0 Å². The minimum atomic E-state index is 0.433. The predicted octanol–water partition coefficient (Wildman–Crippen LogP) is 2.71. The van der Waals surface area contributed by atoms with Crippen LogP contribution in [0, 0.1) is 0 Å². The van der Waals surface area contributed by atoms with Crippen LogP contribution in [0.15, 0.2) is 30.6 Å². The molecule has 2 aromatic rings. The Balaban J connectivity index is 1.63. The Morgan fingerprint density at radius 2 is 2.44 bits per heavy atom. The Hall–Kier alpha value is -1.000. The first-order valence-corrected chi connectivity index (χ1v) is 7.51. The van der Waals surface area contributed by atoms with Crippen molar-refractivity contribution in [2.24, 2.45) is 0 Å². The standard InChI is InChI=1S/C14H19N3S/c1-14(6-4-8-18-14)11-15-9-12-10-16-17-7-3-2-5-13(12)17/h2-3,5,7,10,15H,4,6,8-9,11H2,1H3. The molecule has 1 aliphatic heterocycles. The molecule has 4 heteroatoms. The van der Waals surface area contributed by atoms with E-state index in [1.807, 2.05) is 23.0 Å². The van der Waals surface area contributed by atoms with Gasteiger partial charge in [-0.2, -0.15) is 16.9 Å². The molecule has 1 saturated heterocycles. The van der Waals surface area contributed by atoms with E-state index in [2.05, 4.69) is 41.2 Å². The lowest BCUT2D eigenvalue weighted by atomic mass is 10.1. The van der Waals surface area contributed by atoms with E-state index in [1.54, 1.807) is 0 Å². The number of hydrogen-bond acceptors (Lipinski definition) is 3. The van der Waals surface area contributed by atoms with Gasteiger partial charge in [-0.25, -0.2) is 4.52 Å². The van der Waals surface area contributed by atoms with Gasteiger partial charge in [0.05, 0.1) is 11.7 Å². The number of nitrogens with one attached hydrogen (secondary N) is 1. The lowest BCUT2D eigenvalue weighted by Gasteiger charge is -2.22. The third kappa shape index (κ3) is 2.40. The summed E-state index contributed by atoms with van der Waals surface area (Å²) in [5.74, 6) is 1.31. The summed E-state index contributed by atoms with van der Waals surface area (Å²) in [4.78, 5) is 0. The molecule has 0 saturated carbocycles. The van der Waals surface area contributed by atoms with Gasteiger partial charge in [-0.15, -0.1) is 0 Å². The predicted molar refractivity (Wildman–Crippen MR) is 77.0 cm³/mol. The molecule has 3 heterocycles. The molecular weight excluding hydrogens is 242 g/mol. The number of thioether (sulfide) groups is 1. The van der Waals surface area contributed by atoms with Crippen LogP contribution in [-0.2, 0) is 6.54 Å². The molecule has 1 atom stereocenters. The second kappa shape index (κ2) is 4.94. The highest BCUT2D eigenvalue weighted by Gasteiger charge is 2.28. The van der Waals surface area contributed by atoms with Gasteiger partial charge in [-0.1, -0.05) is 6.07 Å². The molecule has 1 N–H and O–H groups in total. The summed E-state index contributed by atoms with van der Waals surface area (Å²) < 4.78 is 2.37. The largest absolute Gasteiger partial charge is 0.311 e. The van der Waals surface area contributed by atoms with Gasteiger partial charge in [-0.3, -0.25) is 0 Å². The van der Waals surface area contributed by atoms with E-state index in [0.29, 0.717) is 4.75 Å². The van der Waals surface area contributed by atoms with Gasteiger partial charge in [0, 0.05) is 29.6 Å². The highest BCUT2D eigenvalue weighted by atomic mass is 32.2. The van der Waals surface area contributed by atoms with Gasteiger partial charge < -0.3 is 5.32 Å². The van der Waals surface area contributed by atoms with Crippen molar-refractivity contribution < 1.29 is 0 Å². The van der Waals surface area contributed by atoms with Crippen molar-refractivity contribution in [1.82, 2.24) is 14.9 Å². The van der Waals surface area contributed by atoms with Gasteiger partial charge in [0.1, 0.15) is 0 Å². The number of nitrogens with zero attached hydrogens (tertiary/aromatic N) is 2. The molecule has 0 radical (unpaired) electrons. The van der Waals surface area contributed by atoms with E-state index >= 15 is 0 Å². The minimum Gasteiger partial charge on any atom is -0.311 e. The Morgan fingerprint density at radius 1 is 1.50 bits per heavy atom. The van der Waals surface area contributed by atoms with Crippen LogP contribution in [-0.4, -0.2) is 26.7 Å². The summed E-state index contributed by atoms with van der Waals surface area (Å²) in [6, 6.07) is 6.19. The average molecular weight is 261 g/mol. The zero-order chi connectivity index (χ0) is 12.4. The van der Waals surface area contributed by atoms with E-state index in [1.165, 1.54) is 29.7 Å². The molecule has 96 valence electrons. The molecule has 0 bridgehead atoms. The van der Waals surface area contributed by atoms with Crippen molar-refractivity contribution in [3.05, 3.63) is 36.2 Å². The van der Waals surface area contributed by atoms with Crippen LogP contribution in [0.4, 0.5) is 0 Å². The lowest BCUT2D eigenvalue weighted by molar-refractivity contribution is 0.538. The molecule has 0 aliphatic carbocycles. The van der Waals surface area contributed by atoms with Gasteiger partial charge in [-0.05, 0) is 37.7 Å². The van der Waals surface area contributed by atoms with Crippen molar-refractivity contribution >= 4 is 17.3 Å². The summed E-state index contributed by atoms with van der Waals surface area (Å²) >= 11 is 2.10. The van der Waals surface area contributed by atoms with Crippen LogP contribution in [0.5, 0.6) is 0 Å². The molecule has 3 nitrogen and oxygen atoms in total. The third-order valence-electron chi connectivity index (χ3n) is 3.62. The molecule has 1 aliphatic rings. The van der Waals surface area contributed by atoms with Crippen LogP contribution < -0.4 is 5.32 Å². The minimum absolute atomic E-state index is 0.433. The van der Waals surface area contributed by atoms with Crippen molar-refractivity contribution in [2.75, 3.05) is 12.3 Å². The summed E-state index contributed by atoms with van der Waals surface area (Å²) in [7, 11) is 0. The Kier molecular flexibility index (Phi) is 3.31. The molecule has 1 unspecified atom stereocenters. The zero-order valence-electron chi connectivity index (χ0n) is 10.7. The molecule has 1 fully saturated rings. The monoisotopic (exact) mass is 261 g/mol. The van der Waals surface area contributed by atoms with E-state index in [4.69, 9.17) is 0 Å². The van der Waals surface area contributed by atoms with Crippen molar-refractivity contribution in [3.8, 4) is 0 Å². The molecule has 0 amide bonds. The van der Waals surface area contributed by atoms with Gasteiger partial charge in [0.25, 0.3) is 0 Å². The normalized spacial score (nSPS) is 23.8. The highest BCUT2D eigenvalue weighted by molar-refractivity contribution is 8.00. The SMILES string of the molecule is CC1(CNCc2cnn3ccccc23)CCCS1. The maximum absolute atomic E-state index is 4.36. The molecule has 0 spiro atoms. The smallest absolute Gasteiger partial charge is 0.0706 e. The van der Waals surface area contributed by atoms with Gasteiger partial charge >= 0.3 is 0 Å². The fraction of sp³-hybridized carbons (Fsp3) is 0.500. The second-order valence-corrected chi connectivity index (χ2v) is 6.89. The van der Waals surface area contributed by atoms with Crippen molar-refractivity contribution in [2.45, 2.75) is 31.1 Å². The van der Waals surface area contributed by atoms with Crippen LogP contribution in [0.25, 0.3) is 5.52 Å². The summed E-state index contributed by atoms with van der Waals surface area (Å²) in [5, 5.41) is 7.95. The highest BCUT2D eigenvalue weighted by Crippen LogP contribution is 2.36. The topological polar surface area (TPSA) is 29.3 Å². The van der Waals surface area contributed by atoms with Crippen LogP contribution in [0.1, 0.15) is 25.3 Å². The van der Waals surface area contributed by atoms with Crippen LogP contribution in [0.2, 0.25) is 0 Å². The lowest BCUT2D eigenvalue weighted by Crippen LogP contribution is -2.32. The quantitative estimate of drug-likeness (QED) is 0.917. The first-order valence-electron chi connectivity index (χ1n) is 6.53. The number of hydrogen-bond donors (Lipinski definition) is 1. The molecular formula is C14H19N3S. The molecule has 3 rings (SSSR count). The Bertz CT molecular complexity index is 529. The molecule has 18 heavy (non-hydrogen) atoms. The van der Waals surface area contributed by atoms with Crippen molar-refractivity contribution in [1.29, 1.82) is 0 Å². The first-order chi connectivity index (χ1) is 8.77. The fourth-order valence-electron chi connectivity index (χ4n) is 2.56. The van der Waals surface area contributed by atoms with E-state index in [9.17, 15) is 0 Å². The Labute approximate surface area is 112 Å². The summed E-state index contributed by atoms with van der Waals surface area (Å²) in [5.41, 5.74) is 2.48. The van der Waals surface area contributed by atoms with Crippen LogP contribution >= 0.6 is 11.8 Å². The number of aromatic nitrogens is 2. The Morgan fingerprint density at radius 3 is 3.28 bits per heavy atom. The van der Waals surface area contributed by atoms with Gasteiger partial charge in [0.2, 0.25) is 0 Å². The number of rotatable bonds is 4.